The van der Waals surface area contributed by atoms with Crippen molar-refractivity contribution < 1.29 is 0 Å². The van der Waals surface area contributed by atoms with Crippen molar-refractivity contribution in [2.24, 2.45) is 0 Å². The Labute approximate surface area is 323 Å². The van der Waals surface area contributed by atoms with Gasteiger partial charge in [0.2, 0.25) is 0 Å². The summed E-state index contributed by atoms with van der Waals surface area (Å²) in [6.07, 6.45) is 0. The monoisotopic (exact) mass is 718 g/mol. The third kappa shape index (κ3) is 5.09. The van der Waals surface area contributed by atoms with Crippen LogP contribution in [0.15, 0.2) is 206 Å². The molecule has 0 amide bonds. The first-order chi connectivity index (χ1) is 27.3. The van der Waals surface area contributed by atoms with Crippen LogP contribution in [0.2, 0.25) is 0 Å². The van der Waals surface area contributed by atoms with Crippen molar-refractivity contribution in [1.29, 1.82) is 0 Å². The number of hydrogen-bond acceptors (Lipinski definition) is 2. The summed E-state index contributed by atoms with van der Waals surface area (Å²) in [6, 6.07) is 75.2. The molecule has 11 rings (SSSR count). The van der Waals surface area contributed by atoms with E-state index in [1.54, 1.807) is 0 Å². The van der Waals surface area contributed by atoms with Gasteiger partial charge < -0.3 is 9.47 Å². The first kappa shape index (κ1) is 31.6. The van der Waals surface area contributed by atoms with Crippen LogP contribution in [0.3, 0.4) is 0 Å². The molecule has 11 aromatic rings. The molecule has 55 heavy (non-hydrogen) atoms. The third-order valence-corrected chi connectivity index (χ3v) is 12.2. The van der Waals surface area contributed by atoms with Gasteiger partial charge in [0.25, 0.3) is 0 Å². The van der Waals surface area contributed by atoms with E-state index in [-0.39, 0.29) is 0 Å². The van der Waals surface area contributed by atoms with Gasteiger partial charge in [0.15, 0.2) is 0 Å². The van der Waals surface area contributed by atoms with Crippen LogP contribution in [0.4, 0.5) is 17.1 Å². The van der Waals surface area contributed by atoms with Crippen LogP contribution in [-0.2, 0) is 0 Å². The largest absolute Gasteiger partial charge is 0.309 e. The van der Waals surface area contributed by atoms with E-state index in [0.29, 0.717) is 0 Å². The Morgan fingerprint density at radius 1 is 0.364 bits per heavy atom. The fraction of sp³-hybridized carbons (Fsp3) is 0. The molecule has 0 N–H and O–H groups in total. The van der Waals surface area contributed by atoms with Crippen molar-refractivity contribution >= 4 is 81.1 Å². The Morgan fingerprint density at radius 2 is 0.982 bits per heavy atom. The highest BCUT2D eigenvalue weighted by atomic mass is 32.1. The van der Waals surface area contributed by atoms with E-state index in [1.807, 2.05) is 11.3 Å². The van der Waals surface area contributed by atoms with Crippen molar-refractivity contribution in [2.45, 2.75) is 0 Å². The Balaban J connectivity index is 1.22. The number of fused-ring (bicyclic) bond motifs is 7. The maximum absolute atomic E-state index is 2.50. The smallest absolute Gasteiger partial charge is 0.0640 e. The van der Waals surface area contributed by atoms with Gasteiger partial charge in [-0.15, -0.1) is 11.3 Å². The minimum Gasteiger partial charge on any atom is -0.309 e. The average molecular weight is 719 g/mol. The molecule has 0 unspecified atom stereocenters. The van der Waals surface area contributed by atoms with Crippen LogP contribution < -0.4 is 4.90 Å². The number of aromatic nitrogens is 1. The highest BCUT2D eigenvalue weighted by Gasteiger charge is 2.23. The Bertz CT molecular complexity index is 3210. The number of nitrogens with zero attached hydrogens (tertiary/aromatic N) is 2. The zero-order valence-electron chi connectivity index (χ0n) is 29.9. The highest BCUT2D eigenvalue weighted by Crippen LogP contribution is 2.48. The first-order valence-corrected chi connectivity index (χ1v) is 19.6. The molecule has 0 atom stereocenters. The number of hydrogen-bond donors (Lipinski definition) is 0. The normalized spacial score (nSPS) is 11.6. The van der Waals surface area contributed by atoms with E-state index in [1.165, 1.54) is 80.7 Å². The molecule has 0 saturated carbocycles. The van der Waals surface area contributed by atoms with E-state index >= 15 is 0 Å². The molecule has 2 aromatic heterocycles. The van der Waals surface area contributed by atoms with E-state index in [4.69, 9.17) is 0 Å². The minimum absolute atomic E-state index is 1.11. The van der Waals surface area contributed by atoms with Gasteiger partial charge in [0.05, 0.1) is 32.8 Å². The fourth-order valence-electron chi connectivity index (χ4n) is 8.55. The van der Waals surface area contributed by atoms with Gasteiger partial charge in [-0.25, -0.2) is 0 Å². The van der Waals surface area contributed by atoms with Crippen molar-refractivity contribution in [2.75, 3.05) is 4.90 Å². The number of benzene rings is 9. The van der Waals surface area contributed by atoms with Gasteiger partial charge in [0.1, 0.15) is 0 Å². The molecule has 0 aliphatic carbocycles. The summed E-state index contributed by atoms with van der Waals surface area (Å²) in [4.78, 5) is 2.50. The second kappa shape index (κ2) is 12.9. The maximum atomic E-state index is 2.50. The molecular formula is C52H34N2S. The van der Waals surface area contributed by atoms with Gasteiger partial charge in [0, 0.05) is 42.9 Å². The second-order valence-electron chi connectivity index (χ2n) is 14.1. The lowest BCUT2D eigenvalue weighted by Crippen LogP contribution is -2.11. The van der Waals surface area contributed by atoms with Crippen molar-refractivity contribution in [3.05, 3.63) is 206 Å². The lowest BCUT2D eigenvalue weighted by Gasteiger charge is -2.28. The summed E-state index contributed by atoms with van der Waals surface area (Å²) in [6.45, 7) is 0. The molecule has 2 heterocycles. The van der Waals surface area contributed by atoms with E-state index < -0.39 is 0 Å². The van der Waals surface area contributed by atoms with Crippen LogP contribution in [0.1, 0.15) is 0 Å². The van der Waals surface area contributed by atoms with Crippen molar-refractivity contribution in [1.82, 2.24) is 4.57 Å². The van der Waals surface area contributed by atoms with Gasteiger partial charge >= 0.3 is 0 Å². The van der Waals surface area contributed by atoms with Gasteiger partial charge in [-0.1, -0.05) is 164 Å². The SMILES string of the molecule is c1ccc(-c2ccccc2-n2c3ccccc3c3ccc(N(c4ccc(-c5ccccc5)c5ccccc45)c4cccc5c4sc4ccccc45)cc32)cc1. The van der Waals surface area contributed by atoms with Gasteiger partial charge in [-0.05, 0) is 64.5 Å². The number of para-hydroxylation sites is 2. The predicted octanol–water partition coefficient (Wildman–Crippen LogP) is 15.1. The number of rotatable bonds is 6. The molecule has 0 fully saturated rings. The quantitative estimate of drug-likeness (QED) is 0.166. The molecule has 0 radical (unpaired) electrons. The van der Waals surface area contributed by atoms with Gasteiger partial charge in [-0.2, -0.15) is 0 Å². The Kier molecular flexibility index (Phi) is 7.39. The Morgan fingerprint density at radius 3 is 1.80 bits per heavy atom. The van der Waals surface area contributed by atoms with E-state index in [2.05, 4.69) is 216 Å². The number of thiophene rings is 1. The number of anilines is 3. The summed E-state index contributed by atoms with van der Waals surface area (Å²) in [5.74, 6) is 0. The molecule has 0 aliphatic rings. The van der Waals surface area contributed by atoms with Crippen molar-refractivity contribution in [3.8, 4) is 27.9 Å². The third-order valence-electron chi connectivity index (χ3n) is 11.0. The van der Waals surface area contributed by atoms with Gasteiger partial charge in [-0.3, -0.25) is 0 Å². The topological polar surface area (TPSA) is 8.17 Å². The van der Waals surface area contributed by atoms with E-state index in [9.17, 15) is 0 Å². The van der Waals surface area contributed by atoms with Crippen LogP contribution in [-0.4, -0.2) is 4.57 Å². The van der Waals surface area contributed by atoms with E-state index in [0.717, 1.165) is 17.1 Å². The molecule has 2 nitrogen and oxygen atoms in total. The zero-order chi connectivity index (χ0) is 36.3. The molecule has 258 valence electrons. The minimum atomic E-state index is 1.11. The summed E-state index contributed by atoms with van der Waals surface area (Å²) >= 11 is 1.87. The molecular weight excluding hydrogens is 685 g/mol. The second-order valence-corrected chi connectivity index (χ2v) is 15.1. The first-order valence-electron chi connectivity index (χ1n) is 18.8. The lowest BCUT2D eigenvalue weighted by molar-refractivity contribution is 1.18. The molecule has 3 heteroatoms. The lowest BCUT2D eigenvalue weighted by atomic mass is 9.96. The van der Waals surface area contributed by atoms with Crippen LogP contribution in [0, 0.1) is 0 Å². The molecule has 0 spiro atoms. The molecule has 0 aliphatic heterocycles. The Hall–Kier alpha value is -6.94. The predicted molar refractivity (Wildman–Crippen MR) is 237 cm³/mol. The fourth-order valence-corrected chi connectivity index (χ4v) is 9.76. The van der Waals surface area contributed by atoms with Crippen molar-refractivity contribution in [3.63, 3.8) is 0 Å². The summed E-state index contributed by atoms with van der Waals surface area (Å²) in [7, 11) is 0. The molecule has 0 saturated heterocycles. The standard InChI is InChI=1S/C52H34N2S/c1-3-16-35(17-4-1)38-32-33-48(41-22-8-7-21-40(38)41)53(49-28-15-25-45-44-24-11-14-29-51(44)55-52(45)49)37-30-31-43-42-23-10-13-27-47(42)54(50(43)34-37)46-26-12-9-20-39(46)36-18-5-2-6-19-36/h1-34H. The van der Waals surface area contributed by atoms with Crippen LogP contribution >= 0.6 is 11.3 Å². The average Bonchev–Trinajstić information content (AvgIpc) is 3.80. The molecule has 9 aromatic carbocycles. The van der Waals surface area contributed by atoms with Crippen LogP contribution in [0.25, 0.3) is 80.7 Å². The summed E-state index contributed by atoms with van der Waals surface area (Å²) < 4.78 is 5.03. The zero-order valence-corrected chi connectivity index (χ0v) is 30.7. The summed E-state index contributed by atoms with van der Waals surface area (Å²) in [5, 5.41) is 7.47. The highest BCUT2D eigenvalue weighted by molar-refractivity contribution is 7.26. The summed E-state index contributed by atoms with van der Waals surface area (Å²) in [5.41, 5.74) is 11.8. The van der Waals surface area contributed by atoms with Crippen LogP contribution in [0.5, 0.6) is 0 Å². The maximum Gasteiger partial charge on any atom is 0.0640 e. The molecule has 0 bridgehead atoms.